The second-order valence-corrected chi connectivity index (χ2v) is 9.07. The first-order valence-electron chi connectivity index (χ1n) is 11.4. The molecule has 3 aromatic rings. The van der Waals surface area contributed by atoms with Gasteiger partial charge in [0.1, 0.15) is 11.6 Å². The van der Waals surface area contributed by atoms with Gasteiger partial charge in [0, 0.05) is 56.6 Å². The number of aromatic nitrogens is 3. The number of nitrogens with zero attached hydrogens (tertiary/aromatic N) is 4. The van der Waals surface area contributed by atoms with Crippen molar-refractivity contribution in [2.24, 2.45) is 0 Å². The Balaban J connectivity index is 0.00000228. The Morgan fingerprint density at radius 3 is 2.97 bits per heavy atom. The molecule has 0 unspecified atom stereocenters. The van der Waals surface area contributed by atoms with Gasteiger partial charge in [-0.05, 0) is 38.1 Å². The average Bonchev–Trinajstić information content (AvgIpc) is 3.43. The lowest BCUT2D eigenvalue weighted by Crippen LogP contribution is -2.43. The number of halogens is 1. The van der Waals surface area contributed by atoms with E-state index < -0.39 is 0 Å². The number of hydrogen-bond acceptors (Lipinski definition) is 6. The standard InChI is InChI=1S/C24H26FN5O2.H2/c25-19-11-28-20-1-2-22(31)30-14-16(23(19)24(20)30)13-29-6-3-17(4-7-29)26-10-18-9-15-5-8-32-21(15)12-27-18;/h1-2,9,11-12,16-17,26H,3-8,10,13-14H2;1H/t16-;/m1./s1. The maximum Gasteiger partial charge on any atom is 0.251 e. The molecule has 8 heteroatoms. The summed E-state index contributed by atoms with van der Waals surface area (Å²) in [6, 6.07) is 5.82. The Hall–Kier alpha value is -2.84. The Morgan fingerprint density at radius 1 is 1.22 bits per heavy atom. The first-order chi connectivity index (χ1) is 15.7. The van der Waals surface area contributed by atoms with Gasteiger partial charge in [0.15, 0.2) is 0 Å². The maximum atomic E-state index is 14.7. The van der Waals surface area contributed by atoms with Gasteiger partial charge in [0.25, 0.3) is 5.56 Å². The molecule has 1 saturated heterocycles. The highest BCUT2D eigenvalue weighted by molar-refractivity contribution is 5.80. The van der Waals surface area contributed by atoms with Crippen molar-refractivity contribution >= 4 is 11.0 Å². The average molecular weight is 438 g/mol. The zero-order valence-corrected chi connectivity index (χ0v) is 17.9. The third-order valence-corrected chi connectivity index (χ3v) is 7.07. The topological polar surface area (TPSA) is 72.3 Å². The van der Waals surface area contributed by atoms with Crippen molar-refractivity contribution in [1.82, 2.24) is 24.8 Å². The minimum absolute atomic E-state index is 0. The number of piperidine rings is 1. The van der Waals surface area contributed by atoms with Gasteiger partial charge < -0.3 is 19.5 Å². The van der Waals surface area contributed by atoms with E-state index in [4.69, 9.17) is 4.74 Å². The van der Waals surface area contributed by atoms with Crippen LogP contribution in [0, 0.1) is 5.82 Å². The van der Waals surface area contributed by atoms with Crippen LogP contribution in [-0.2, 0) is 19.5 Å². The van der Waals surface area contributed by atoms with E-state index in [0.717, 1.165) is 63.5 Å². The Bertz CT molecular complexity index is 1240. The third kappa shape index (κ3) is 3.47. The molecule has 3 aliphatic heterocycles. The Morgan fingerprint density at radius 2 is 2.09 bits per heavy atom. The SMILES string of the molecule is O=c1ccc2ncc(F)c3c2n1C[C@H]3CN1CCC(NCc2cc3c(cn2)OCC3)CC1.[HH]. The molecule has 0 aliphatic carbocycles. The van der Waals surface area contributed by atoms with Crippen molar-refractivity contribution in [3.8, 4) is 5.75 Å². The lowest BCUT2D eigenvalue weighted by molar-refractivity contribution is 0.184. The Labute approximate surface area is 186 Å². The first-order valence-corrected chi connectivity index (χ1v) is 11.4. The molecule has 3 aliphatic rings. The first kappa shape index (κ1) is 19.8. The summed E-state index contributed by atoms with van der Waals surface area (Å²) in [6.07, 6.45) is 6.18. The Kier molecular flexibility index (Phi) is 4.91. The van der Waals surface area contributed by atoms with Crippen molar-refractivity contribution in [3.05, 3.63) is 63.6 Å². The van der Waals surface area contributed by atoms with E-state index in [0.29, 0.717) is 29.2 Å². The maximum absolute atomic E-state index is 14.7. The van der Waals surface area contributed by atoms with E-state index in [1.54, 1.807) is 10.6 Å². The van der Waals surface area contributed by atoms with Gasteiger partial charge >= 0.3 is 0 Å². The molecular formula is C24H28FN5O2. The summed E-state index contributed by atoms with van der Waals surface area (Å²) >= 11 is 0. The minimum Gasteiger partial charge on any atom is -0.491 e. The molecule has 6 rings (SSSR count). The summed E-state index contributed by atoms with van der Waals surface area (Å²) in [7, 11) is 0. The highest BCUT2D eigenvalue weighted by Crippen LogP contribution is 2.34. The quantitative estimate of drug-likeness (QED) is 0.661. The van der Waals surface area contributed by atoms with Crippen LogP contribution in [0.3, 0.4) is 0 Å². The molecule has 0 radical (unpaired) electrons. The molecule has 0 bridgehead atoms. The fraction of sp³-hybridized carbons (Fsp3) is 0.458. The van der Waals surface area contributed by atoms with Gasteiger partial charge in [-0.15, -0.1) is 0 Å². The highest BCUT2D eigenvalue weighted by atomic mass is 19.1. The number of nitrogens with one attached hydrogen (secondary N) is 1. The van der Waals surface area contributed by atoms with Crippen LogP contribution >= 0.6 is 0 Å². The minimum atomic E-state index is -0.303. The molecule has 0 aromatic carbocycles. The van der Waals surface area contributed by atoms with Gasteiger partial charge in [0.05, 0.1) is 35.7 Å². The summed E-state index contributed by atoms with van der Waals surface area (Å²) in [5.41, 5.74) is 4.25. The molecule has 32 heavy (non-hydrogen) atoms. The molecule has 7 nitrogen and oxygen atoms in total. The zero-order chi connectivity index (χ0) is 21.7. The lowest BCUT2D eigenvalue weighted by Gasteiger charge is -2.34. The summed E-state index contributed by atoms with van der Waals surface area (Å²) in [4.78, 5) is 23.4. The summed E-state index contributed by atoms with van der Waals surface area (Å²) in [5, 5.41) is 3.65. The summed E-state index contributed by atoms with van der Waals surface area (Å²) < 4.78 is 21.9. The molecule has 0 spiro atoms. The highest BCUT2D eigenvalue weighted by Gasteiger charge is 2.31. The number of ether oxygens (including phenoxy) is 1. The normalized spacial score (nSPS) is 20.6. The van der Waals surface area contributed by atoms with Crippen LogP contribution in [0.25, 0.3) is 11.0 Å². The van der Waals surface area contributed by atoms with E-state index in [1.807, 2.05) is 6.20 Å². The molecule has 0 saturated carbocycles. The number of likely N-dealkylation sites (tertiary alicyclic amines) is 1. The predicted molar refractivity (Wildman–Crippen MR) is 121 cm³/mol. The van der Waals surface area contributed by atoms with Crippen molar-refractivity contribution in [3.63, 3.8) is 0 Å². The fourth-order valence-corrected chi connectivity index (χ4v) is 5.40. The number of hydrogen-bond donors (Lipinski definition) is 1. The van der Waals surface area contributed by atoms with Crippen LogP contribution in [0.4, 0.5) is 4.39 Å². The van der Waals surface area contributed by atoms with Crippen molar-refractivity contribution in [2.75, 3.05) is 26.2 Å². The van der Waals surface area contributed by atoms with E-state index >= 15 is 0 Å². The zero-order valence-electron chi connectivity index (χ0n) is 17.9. The van der Waals surface area contributed by atoms with Crippen molar-refractivity contribution < 1.29 is 10.6 Å². The van der Waals surface area contributed by atoms with E-state index in [9.17, 15) is 9.18 Å². The molecule has 1 fully saturated rings. The molecule has 1 N–H and O–H groups in total. The molecule has 1 atom stereocenters. The van der Waals surface area contributed by atoms with Crippen LogP contribution < -0.4 is 15.6 Å². The van der Waals surface area contributed by atoms with Crippen LogP contribution in [0.2, 0.25) is 0 Å². The second-order valence-electron chi connectivity index (χ2n) is 9.07. The van der Waals surface area contributed by atoms with Gasteiger partial charge in [-0.3, -0.25) is 14.8 Å². The van der Waals surface area contributed by atoms with Gasteiger partial charge in [-0.1, -0.05) is 0 Å². The number of pyridine rings is 3. The molecule has 6 heterocycles. The van der Waals surface area contributed by atoms with Gasteiger partial charge in [0.2, 0.25) is 0 Å². The largest absolute Gasteiger partial charge is 0.491 e. The van der Waals surface area contributed by atoms with Crippen LogP contribution in [0.15, 0.2) is 35.4 Å². The van der Waals surface area contributed by atoms with Crippen molar-refractivity contribution in [1.29, 1.82) is 0 Å². The molecule has 0 amide bonds. The molecular weight excluding hydrogens is 409 g/mol. The number of fused-ring (bicyclic) bond motifs is 1. The number of rotatable bonds is 5. The monoisotopic (exact) mass is 437 g/mol. The van der Waals surface area contributed by atoms with Gasteiger partial charge in [-0.25, -0.2) is 4.39 Å². The molecule has 168 valence electrons. The van der Waals surface area contributed by atoms with Crippen molar-refractivity contribution in [2.45, 2.75) is 44.3 Å². The fourth-order valence-electron chi connectivity index (χ4n) is 5.40. The van der Waals surface area contributed by atoms with Crippen LogP contribution in [0.1, 0.15) is 37.0 Å². The van der Waals surface area contributed by atoms with E-state index in [2.05, 4.69) is 26.3 Å². The lowest BCUT2D eigenvalue weighted by atomic mass is 9.98. The summed E-state index contributed by atoms with van der Waals surface area (Å²) in [5.74, 6) is 0.599. The van der Waals surface area contributed by atoms with Crippen LogP contribution in [-0.4, -0.2) is 51.7 Å². The predicted octanol–water partition coefficient (Wildman–Crippen LogP) is 2.46. The smallest absolute Gasteiger partial charge is 0.251 e. The summed E-state index contributed by atoms with van der Waals surface area (Å²) in [6.45, 7) is 4.72. The third-order valence-electron chi connectivity index (χ3n) is 7.07. The van der Waals surface area contributed by atoms with E-state index in [1.165, 1.54) is 17.8 Å². The van der Waals surface area contributed by atoms with E-state index in [-0.39, 0.29) is 18.7 Å². The van der Waals surface area contributed by atoms with Crippen LogP contribution in [0.5, 0.6) is 5.75 Å². The van der Waals surface area contributed by atoms with Gasteiger partial charge in [-0.2, -0.15) is 0 Å². The molecule has 3 aromatic heterocycles. The second kappa shape index (κ2) is 7.94.